The van der Waals surface area contributed by atoms with Gasteiger partial charge in [0.1, 0.15) is 0 Å². The molecule has 0 aromatic carbocycles. The summed E-state index contributed by atoms with van der Waals surface area (Å²) >= 11 is 0. The molecule has 0 radical (unpaired) electrons. The quantitative estimate of drug-likeness (QED) is 0.622. The maximum atomic E-state index is 15.2. The van der Waals surface area contributed by atoms with Crippen LogP contribution in [0.15, 0.2) is 18.5 Å². The van der Waals surface area contributed by atoms with Crippen molar-refractivity contribution in [1.29, 1.82) is 0 Å². The van der Waals surface area contributed by atoms with Gasteiger partial charge in [-0.25, -0.2) is 14.4 Å². The van der Waals surface area contributed by atoms with E-state index in [1.807, 2.05) is 6.92 Å². The lowest BCUT2D eigenvalue weighted by molar-refractivity contribution is 0.121. The maximum absolute atomic E-state index is 15.2. The third-order valence-corrected chi connectivity index (χ3v) is 4.35. The number of rotatable bonds is 6. The zero-order chi connectivity index (χ0) is 21.1. The second kappa shape index (κ2) is 8.53. The first-order valence-electron chi connectivity index (χ1n) is 9.33. The summed E-state index contributed by atoms with van der Waals surface area (Å²) in [4.78, 5) is 18.0. The summed E-state index contributed by atoms with van der Waals surface area (Å²) in [6.45, 7) is 5.34. The van der Waals surface area contributed by atoms with Crippen LogP contribution >= 0.6 is 0 Å². The van der Waals surface area contributed by atoms with Gasteiger partial charge in [-0.3, -0.25) is 5.10 Å². The van der Waals surface area contributed by atoms with Gasteiger partial charge in [0, 0.05) is 24.8 Å². The van der Waals surface area contributed by atoms with Gasteiger partial charge < -0.3 is 19.7 Å². The molecule has 2 N–H and O–H groups in total. The number of nitrogens with zero attached hydrogens (tertiary/aromatic N) is 6. The Morgan fingerprint density at radius 3 is 2.60 bits per heavy atom. The minimum Gasteiger partial charge on any atom is -0.464 e. The largest absolute Gasteiger partial charge is 0.464 e. The van der Waals surface area contributed by atoms with E-state index in [2.05, 4.69) is 35.5 Å². The van der Waals surface area contributed by atoms with Crippen molar-refractivity contribution in [3.05, 3.63) is 41.6 Å². The van der Waals surface area contributed by atoms with Crippen LogP contribution in [0.25, 0.3) is 0 Å². The molecule has 1 fully saturated rings. The van der Waals surface area contributed by atoms with Crippen LogP contribution in [0.4, 0.5) is 26.4 Å². The monoisotopic (exact) mass is 418 g/mol. The molecule has 0 bridgehead atoms. The number of aromatic amines is 1. The molecule has 1 aliphatic heterocycles. The predicted octanol–water partition coefficient (Wildman–Crippen LogP) is 2.30. The molecule has 0 saturated carbocycles. The van der Waals surface area contributed by atoms with E-state index in [-0.39, 0.29) is 23.5 Å². The Balaban J connectivity index is 1.66. The summed E-state index contributed by atoms with van der Waals surface area (Å²) in [6.07, 6.45) is 1.27. The van der Waals surface area contributed by atoms with Crippen LogP contribution in [0.5, 0.6) is 5.88 Å². The maximum Gasteiger partial charge on any atom is 0.258 e. The van der Waals surface area contributed by atoms with Crippen LogP contribution < -0.4 is 15.0 Å². The predicted molar refractivity (Wildman–Crippen MR) is 103 cm³/mol. The zero-order valence-electron chi connectivity index (χ0n) is 16.4. The Hall–Kier alpha value is -3.41. The van der Waals surface area contributed by atoms with Gasteiger partial charge in [0.2, 0.25) is 11.8 Å². The second-order valence-electron chi connectivity index (χ2n) is 6.67. The van der Waals surface area contributed by atoms with Gasteiger partial charge in [0.15, 0.2) is 29.4 Å². The van der Waals surface area contributed by atoms with Crippen molar-refractivity contribution >= 4 is 17.6 Å². The molecule has 1 atom stereocenters. The molecule has 158 valence electrons. The Morgan fingerprint density at radius 1 is 1.20 bits per heavy atom. The first kappa shape index (κ1) is 19.9. The van der Waals surface area contributed by atoms with Crippen molar-refractivity contribution < 1.29 is 18.3 Å². The topological polar surface area (TPSA) is 114 Å². The molecule has 0 amide bonds. The molecule has 1 saturated heterocycles. The molecule has 10 nitrogen and oxygen atoms in total. The van der Waals surface area contributed by atoms with Crippen LogP contribution in [-0.2, 0) is 4.74 Å². The molecule has 3 aromatic heterocycles. The van der Waals surface area contributed by atoms with Crippen LogP contribution in [0.3, 0.4) is 0 Å². The van der Waals surface area contributed by atoms with Gasteiger partial charge in [0.05, 0.1) is 25.6 Å². The van der Waals surface area contributed by atoms with Gasteiger partial charge in [-0.15, -0.1) is 0 Å². The zero-order valence-corrected chi connectivity index (χ0v) is 16.4. The van der Waals surface area contributed by atoms with Crippen molar-refractivity contribution in [2.45, 2.75) is 20.0 Å². The average Bonchev–Trinajstić information content (AvgIpc) is 3.16. The minimum atomic E-state index is -0.770. The fourth-order valence-electron chi connectivity index (χ4n) is 2.88. The number of aromatic nitrogens is 6. The molecule has 1 aliphatic rings. The number of H-pyrrole nitrogens is 1. The Bertz CT molecular complexity index is 1010. The number of halogens is 2. The third kappa shape index (κ3) is 4.43. The molecule has 30 heavy (non-hydrogen) atoms. The van der Waals surface area contributed by atoms with Gasteiger partial charge in [-0.05, 0) is 13.8 Å². The molecular weight excluding hydrogens is 398 g/mol. The summed E-state index contributed by atoms with van der Waals surface area (Å²) in [5.74, 6) is -0.685. The lowest BCUT2D eigenvalue weighted by atomic mass is 10.3. The van der Waals surface area contributed by atoms with Gasteiger partial charge in [0.25, 0.3) is 5.88 Å². The second-order valence-corrected chi connectivity index (χ2v) is 6.67. The summed E-state index contributed by atoms with van der Waals surface area (Å²) in [6, 6.07) is 1.76. The first-order valence-corrected chi connectivity index (χ1v) is 9.33. The van der Waals surface area contributed by atoms with Crippen molar-refractivity contribution in [3.8, 4) is 5.88 Å². The highest BCUT2D eigenvalue weighted by Crippen LogP contribution is 2.30. The van der Waals surface area contributed by atoms with E-state index in [9.17, 15) is 4.39 Å². The van der Waals surface area contributed by atoms with Gasteiger partial charge in [-0.1, -0.05) is 0 Å². The Labute approximate surface area is 170 Å². The molecule has 4 heterocycles. The van der Waals surface area contributed by atoms with Crippen LogP contribution in [-0.4, -0.2) is 56.4 Å². The fourth-order valence-corrected chi connectivity index (χ4v) is 2.88. The highest BCUT2D eigenvalue weighted by atomic mass is 19.1. The number of hydrogen-bond donors (Lipinski definition) is 2. The fraction of sp³-hybridized carbons (Fsp3) is 0.389. The number of aryl methyl sites for hydroxylation is 1. The number of morpholine rings is 1. The molecule has 4 rings (SSSR count). The highest BCUT2D eigenvalue weighted by Gasteiger charge is 2.25. The highest BCUT2D eigenvalue weighted by molar-refractivity contribution is 5.54. The van der Waals surface area contributed by atoms with Crippen molar-refractivity contribution in [1.82, 2.24) is 30.1 Å². The normalized spacial score (nSPS) is 15.1. The summed E-state index contributed by atoms with van der Waals surface area (Å²) in [5.41, 5.74) is 0.839. The Kier molecular flexibility index (Phi) is 5.65. The molecule has 12 heteroatoms. The van der Waals surface area contributed by atoms with E-state index in [0.717, 1.165) is 18.1 Å². The molecule has 0 spiro atoms. The third-order valence-electron chi connectivity index (χ3n) is 4.35. The standard InChI is InChI=1S/C18H20F2N8O2/c1-10-7-13(27-26-10)23-18-24-16(28-3-5-29-6-4-28)14(20)17(25-18)30-11(2)15-21-8-12(19)9-22-15/h7-9,11H,3-6H2,1-2H3,(H2,23,24,25,26,27). The van der Waals surface area contributed by atoms with Crippen LogP contribution in [0.1, 0.15) is 24.5 Å². The van der Waals surface area contributed by atoms with Crippen molar-refractivity contribution in [2.75, 3.05) is 36.5 Å². The van der Waals surface area contributed by atoms with E-state index in [1.54, 1.807) is 17.9 Å². The molecular formula is C18H20F2N8O2. The van der Waals surface area contributed by atoms with E-state index in [0.29, 0.717) is 32.1 Å². The summed E-state index contributed by atoms with van der Waals surface area (Å²) in [5, 5.41) is 9.83. The molecule has 0 aliphatic carbocycles. The molecule has 1 unspecified atom stereocenters. The van der Waals surface area contributed by atoms with E-state index >= 15 is 4.39 Å². The first-order chi connectivity index (χ1) is 14.5. The van der Waals surface area contributed by atoms with Crippen molar-refractivity contribution in [2.24, 2.45) is 0 Å². The minimum absolute atomic E-state index is 0.0882. The summed E-state index contributed by atoms with van der Waals surface area (Å²) in [7, 11) is 0. The number of hydrogen-bond acceptors (Lipinski definition) is 9. The number of nitrogens with one attached hydrogen (secondary N) is 2. The van der Waals surface area contributed by atoms with Crippen LogP contribution in [0, 0.1) is 18.6 Å². The SMILES string of the molecule is Cc1cc(Nc2nc(OC(C)c3ncc(F)cn3)c(F)c(N3CCOCC3)n2)n[nH]1. The number of anilines is 3. The van der Waals surface area contributed by atoms with E-state index < -0.39 is 17.7 Å². The summed E-state index contributed by atoms with van der Waals surface area (Å²) < 4.78 is 39.3. The molecule has 3 aromatic rings. The van der Waals surface area contributed by atoms with Gasteiger partial charge >= 0.3 is 0 Å². The van der Waals surface area contributed by atoms with Crippen LogP contribution in [0.2, 0.25) is 0 Å². The van der Waals surface area contributed by atoms with E-state index in [1.165, 1.54) is 0 Å². The smallest absolute Gasteiger partial charge is 0.258 e. The number of ether oxygens (including phenoxy) is 2. The van der Waals surface area contributed by atoms with Gasteiger partial charge in [-0.2, -0.15) is 19.5 Å². The van der Waals surface area contributed by atoms with Crippen molar-refractivity contribution in [3.63, 3.8) is 0 Å². The lowest BCUT2D eigenvalue weighted by Gasteiger charge is -2.28. The average molecular weight is 418 g/mol. The lowest BCUT2D eigenvalue weighted by Crippen LogP contribution is -2.37. The Morgan fingerprint density at radius 2 is 1.93 bits per heavy atom. The van der Waals surface area contributed by atoms with E-state index in [4.69, 9.17) is 9.47 Å².